The number of carbonyl (C=O) groups excluding carboxylic acids is 1. The van der Waals surface area contributed by atoms with Gasteiger partial charge in [0, 0.05) is 26.6 Å². The van der Waals surface area contributed by atoms with Gasteiger partial charge < -0.3 is 10.4 Å². The number of carboxylic acid groups (broad SMARTS) is 1. The topological polar surface area (TPSA) is 69.6 Å². The van der Waals surface area contributed by atoms with Crippen molar-refractivity contribution in [2.45, 2.75) is 25.9 Å². The quantitative estimate of drug-likeness (QED) is 0.835. The molecule has 0 fully saturated rings. The normalized spacial score (nSPS) is 18.7. The summed E-state index contributed by atoms with van der Waals surface area (Å²) in [6.45, 7) is 3.10. The number of hydrogen-bond donors (Lipinski definition) is 2. The van der Waals surface area contributed by atoms with Crippen LogP contribution >= 0.6 is 0 Å². The number of nitrogens with zero attached hydrogens (tertiary/aromatic N) is 1. The van der Waals surface area contributed by atoms with Gasteiger partial charge >= 0.3 is 5.97 Å². The minimum absolute atomic E-state index is 0.0933. The highest BCUT2D eigenvalue weighted by atomic mass is 16.4. The van der Waals surface area contributed by atoms with Gasteiger partial charge in [-0.2, -0.15) is 0 Å². The molecule has 1 heterocycles. The number of fused-ring (bicyclic) bond motifs is 1. The second kappa shape index (κ2) is 5.84. The van der Waals surface area contributed by atoms with Crippen LogP contribution in [-0.2, 0) is 22.6 Å². The fraction of sp³-hybridized carbons (Fsp3) is 0.429. The fourth-order valence-corrected chi connectivity index (χ4v) is 2.43. The average Bonchev–Trinajstić information content (AvgIpc) is 2.37. The van der Waals surface area contributed by atoms with Gasteiger partial charge in [-0.15, -0.1) is 0 Å². The largest absolute Gasteiger partial charge is 0.480 e. The monoisotopic (exact) mass is 262 g/mol. The summed E-state index contributed by atoms with van der Waals surface area (Å²) in [4.78, 5) is 24.1. The molecule has 5 heteroatoms. The molecule has 2 N–H and O–H groups in total. The van der Waals surface area contributed by atoms with E-state index in [9.17, 15) is 14.7 Å². The van der Waals surface area contributed by atoms with Crippen LogP contribution in [0.1, 0.15) is 18.1 Å². The highest BCUT2D eigenvalue weighted by Crippen LogP contribution is 2.22. The Morgan fingerprint density at radius 2 is 2.05 bits per heavy atom. The van der Waals surface area contributed by atoms with Crippen molar-refractivity contribution < 1.29 is 14.7 Å². The molecule has 0 bridgehead atoms. The second-order valence-corrected chi connectivity index (χ2v) is 4.78. The molecule has 0 saturated carbocycles. The van der Waals surface area contributed by atoms with Crippen molar-refractivity contribution in [1.82, 2.24) is 10.2 Å². The Bertz CT molecular complexity index is 487. The number of aliphatic carboxylic acids is 1. The smallest absolute Gasteiger partial charge is 0.321 e. The molecular formula is C14H18N2O3. The molecule has 0 saturated heterocycles. The first-order valence-corrected chi connectivity index (χ1v) is 6.36. The van der Waals surface area contributed by atoms with Gasteiger partial charge in [-0.1, -0.05) is 24.3 Å². The van der Waals surface area contributed by atoms with Crippen LogP contribution in [0.25, 0.3) is 0 Å². The first-order valence-electron chi connectivity index (χ1n) is 6.36. The Morgan fingerprint density at radius 1 is 1.37 bits per heavy atom. The van der Waals surface area contributed by atoms with E-state index < -0.39 is 12.0 Å². The van der Waals surface area contributed by atoms with Crippen LogP contribution in [0.2, 0.25) is 0 Å². The highest BCUT2D eigenvalue weighted by Gasteiger charge is 2.30. The average molecular weight is 262 g/mol. The predicted octanol–water partition coefficient (Wildman–Crippen LogP) is 0.634. The summed E-state index contributed by atoms with van der Waals surface area (Å²) in [7, 11) is 0. The molecule has 2 rings (SSSR count). The van der Waals surface area contributed by atoms with E-state index in [0.717, 1.165) is 5.56 Å². The Kier molecular flexibility index (Phi) is 4.16. The van der Waals surface area contributed by atoms with Crippen molar-refractivity contribution >= 4 is 11.9 Å². The van der Waals surface area contributed by atoms with Crippen molar-refractivity contribution in [2.24, 2.45) is 0 Å². The first-order chi connectivity index (χ1) is 9.08. The summed E-state index contributed by atoms with van der Waals surface area (Å²) in [6.07, 6.45) is 0.519. The maximum Gasteiger partial charge on any atom is 0.321 e. The SMILES string of the molecule is CC(=O)NCCN1Cc2ccccc2CC1C(=O)O. The molecule has 102 valence electrons. The predicted molar refractivity (Wildman–Crippen MR) is 70.7 cm³/mol. The van der Waals surface area contributed by atoms with Gasteiger partial charge in [0.1, 0.15) is 6.04 Å². The van der Waals surface area contributed by atoms with E-state index in [4.69, 9.17) is 0 Å². The molecule has 1 aliphatic rings. The maximum absolute atomic E-state index is 11.3. The van der Waals surface area contributed by atoms with Crippen LogP contribution in [0.15, 0.2) is 24.3 Å². The number of amides is 1. The molecule has 5 nitrogen and oxygen atoms in total. The van der Waals surface area contributed by atoms with E-state index in [-0.39, 0.29) is 5.91 Å². The Labute approximate surface area is 112 Å². The molecule has 0 aromatic heterocycles. The Hall–Kier alpha value is -1.88. The second-order valence-electron chi connectivity index (χ2n) is 4.78. The summed E-state index contributed by atoms with van der Waals surface area (Å²) in [5, 5.41) is 12.0. The zero-order valence-electron chi connectivity index (χ0n) is 10.9. The van der Waals surface area contributed by atoms with E-state index >= 15 is 0 Å². The van der Waals surface area contributed by atoms with Crippen molar-refractivity contribution in [3.05, 3.63) is 35.4 Å². The molecule has 0 spiro atoms. The molecule has 0 aliphatic carbocycles. The third-order valence-electron chi connectivity index (χ3n) is 3.40. The molecule has 0 radical (unpaired) electrons. The minimum atomic E-state index is -0.808. The van der Waals surface area contributed by atoms with Crippen LogP contribution in [0.4, 0.5) is 0 Å². The van der Waals surface area contributed by atoms with E-state index in [1.54, 1.807) is 0 Å². The lowest BCUT2D eigenvalue weighted by molar-refractivity contribution is -0.143. The fourth-order valence-electron chi connectivity index (χ4n) is 2.43. The van der Waals surface area contributed by atoms with E-state index in [1.165, 1.54) is 12.5 Å². The number of hydrogen-bond acceptors (Lipinski definition) is 3. The van der Waals surface area contributed by atoms with Crippen LogP contribution < -0.4 is 5.32 Å². The molecule has 1 unspecified atom stereocenters. The van der Waals surface area contributed by atoms with Gasteiger partial charge in [0.25, 0.3) is 0 Å². The molecule has 19 heavy (non-hydrogen) atoms. The van der Waals surface area contributed by atoms with Gasteiger partial charge in [0.15, 0.2) is 0 Å². The van der Waals surface area contributed by atoms with Crippen molar-refractivity contribution in [1.29, 1.82) is 0 Å². The number of carbonyl (C=O) groups is 2. The van der Waals surface area contributed by atoms with E-state index in [1.807, 2.05) is 29.2 Å². The van der Waals surface area contributed by atoms with E-state index in [2.05, 4.69) is 5.32 Å². The van der Waals surface area contributed by atoms with Crippen molar-refractivity contribution in [3.63, 3.8) is 0 Å². The zero-order valence-corrected chi connectivity index (χ0v) is 10.9. The summed E-state index contributed by atoms with van der Waals surface area (Å²) >= 11 is 0. The molecule has 1 aliphatic heterocycles. The third-order valence-corrected chi connectivity index (χ3v) is 3.40. The summed E-state index contributed by atoms with van der Waals surface area (Å²) in [5.41, 5.74) is 2.27. The number of rotatable bonds is 4. The lowest BCUT2D eigenvalue weighted by Crippen LogP contribution is -2.48. The number of carboxylic acids is 1. The minimum Gasteiger partial charge on any atom is -0.480 e. The van der Waals surface area contributed by atoms with Crippen LogP contribution in [0, 0.1) is 0 Å². The number of nitrogens with one attached hydrogen (secondary N) is 1. The first kappa shape index (κ1) is 13.5. The summed E-state index contributed by atoms with van der Waals surface area (Å²) in [5.74, 6) is -0.901. The molecule has 1 amide bonds. The van der Waals surface area contributed by atoms with Gasteiger partial charge in [0.05, 0.1) is 0 Å². The Morgan fingerprint density at radius 3 is 2.68 bits per heavy atom. The van der Waals surface area contributed by atoms with E-state index in [0.29, 0.717) is 26.1 Å². The summed E-state index contributed by atoms with van der Waals surface area (Å²) < 4.78 is 0. The highest BCUT2D eigenvalue weighted by molar-refractivity contribution is 5.74. The third kappa shape index (κ3) is 3.32. The standard InChI is InChI=1S/C14H18N2O3/c1-10(17)15-6-7-16-9-12-5-3-2-4-11(12)8-13(16)14(18)19/h2-5,13H,6-9H2,1H3,(H,15,17)(H,18,19). The summed E-state index contributed by atoms with van der Waals surface area (Å²) in [6, 6.07) is 7.40. The molecule has 1 aromatic carbocycles. The van der Waals surface area contributed by atoms with Gasteiger partial charge in [-0.05, 0) is 17.5 Å². The lowest BCUT2D eigenvalue weighted by Gasteiger charge is -2.34. The van der Waals surface area contributed by atoms with Crippen LogP contribution in [0.3, 0.4) is 0 Å². The molecule has 1 aromatic rings. The van der Waals surface area contributed by atoms with Gasteiger partial charge in [-0.25, -0.2) is 0 Å². The van der Waals surface area contributed by atoms with Crippen molar-refractivity contribution in [3.8, 4) is 0 Å². The molecule has 1 atom stereocenters. The lowest BCUT2D eigenvalue weighted by atomic mass is 9.94. The molecular weight excluding hydrogens is 244 g/mol. The van der Waals surface area contributed by atoms with Crippen LogP contribution in [0.5, 0.6) is 0 Å². The van der Waals surface area contributed by atoms with Gasteiger partial charge in [0.2, 0.25) is 5.91 Å². The number of benzene rings is 1. The van der Waals surface area contributed by atoms with Crippen molar-refractivity contribution in [2.75, 3.05) is 13.1 Å². The van der Waals surface area contributed by atoms with Crippen LogP contribution in [-0.4, -0.2) is 41.0 Å². The van der Waals surface area contributed by atoms with Gasteiger partial charge in [-0.3, -0.25) is 14.5 Å². The zero-order chi connectivity index (χ0) is 13.8. The maximum atomic E-state index is 11.3. The Balaban J connectivity index is 2.08.